The van der Waals surface area contributed by atoms with Gasteiger partial charge >= 0.3 is 6.18 Å². The van der Waals surface area contributed by atoms with E-state index >= 15 is 0 Å². The molecule has 1 amide bonds. The fourth-order valence-corrected chi connectivity index (χ4v) is 4.30. The maximum atomic E-state index is 12.6. The average Bonchev–Trinajstić information content (AvgIpc) is 3.32. The lowest BCUT2D eigenvalue weighted by atomic mass is 10.2. The van der Waals surface area contributed by atoms with Gasteiger partial charge in [-0.05, 0) is 31.0 Å². The van der Waals surface area contributed by atoms with Crippen molar-refractivity contribution >= 4 is 27.5 Å². The topological polar surface area (TPSA) is 51.0 Å². The fourth-order valence-electron chi connectivity index (χ4n) is 3.18. The molecule has 4 rings (SSSR count). The number of thiazole rings is 1. The molecule has 3 aromatic rings. The monoisotopic (exact) mass is 380 g/mol. The second-order valence-electron chi connectivity index (χ2n) is 6.16. The number of nitrogens with zero attached hydrogens (tertiary/aromatic N) is 4. The minimum absolute atomic E-state index is 0.127. The molecule has 0 spiro atoms. The summed E-state index contributed by atoms with van der Waals surface area (Å²) in [7, 11) is 0. The van der Waals surface area contributed by atoms with Crippen molar-refractivity contribution in [3.8, 4) is 0 Å². The molecule has 5 nitrogen and oxygen atoms in total. The van der Waals surface area contributed by atoms with E-state index in [0.717, 1.165) is 38.8 Å². The summed E-state index contributed by atoms with van der Waals surface area (Å²) in [5.41, 5.74) is -0.0943. The van der Waals surface area contributed by atoms with Crippen LogP contribution in [-0.2, 0) is 17.5 Å². The second kappa shape index (κ2) is 6.39. The molecule has 2 aromatic heterocycles. The maximum Gasteiger partial charge on any atom is 0.435 e. The summed E-state index contributed by atoms with van der Waals surface area (Å²) in [5, 5.41) is 4.33. The molecule has 136 valence electrons. The molecule has 1 unspecified atom stereocenters. The van der Waals surface area contributed by atoms with Crippen LogP contribution in [0.1, 0.15) is 29.6 Å². The Morgan fingerprint density at radius 1 is 1.27 bits per heavy atom. The van der Waals surface area contributed by atoms with E-state index in [4.69, 9.17) is 0 Å². The van der Waals surface area contributed by atoms with Crippen LogP contribution in [0.5, 0.6) is 0 Å². The molecular weight excluding hydrogens is 365 g/mol. The zero-order valence-corrected chi connectivity index (χ0v) is 14.4. The highest BCUT2D eigenvalue weighted by Crippen LogP contribution is 2.36. The summed E-state index contributed by atoms with van der Waals surface area (Å²) in [6.45, 7) is 0.365. The molecule has 26 heavy (non-hydrogen) atoms. The van der Waals surface area contributed by atoms with Crippen LogP contribution in [0.2, 0.25) is 0 Å². The molecule has 1 saturated heterocycles. The van der Waals surface area contributed by atoms with Gasteiger partial charge in [0.15, 0.2) is 5.69 Å². The number of rotatable bonds is 3. The number of carbonyl (C=O) groups is 1. The third-order valence-electron chi connectivity index (χ3n) is 4.40. The first-order valence-electron chi connectivity index (χ1n) is 8.17. The molecule has 1 aromatic carbocycles. The van der Waals surface area contributed by atoms with E-state index in [2.05, 4.69) is 10.1 Å². The zero-order valence-electron chi connectivity index (χ0n) is 13.6. The standard InChI is InChI=1S/C17H15F3N4OS/c18-17(19,20)14-7-9-23(22-14)10-15(25)24-8-3-5-12(24)16-21-11-4-1-2-6-13(11)26-16/h1-2,4,6-7,9,12H,3,5,8,10H2. The van der Waals surface area contributed by atoms with Crippen LogP contribution in [0, 0.1) is 0 Å². The van der Waals surface area contributed by atoms with Crippen molar-refractivity contribution < 1.29 is 18.0 Å². The first-order chi connectivity index (χ1) is 12.4. The van der Waals surface area contributed by atoms with Crippen LogP contribution in [0.3, 0.4) is 0 Å². The van der Waals surface area contributed by atoms with Gasteiger partial charge in [-0.1, -0.05) is 12.1 Å². The molecule has 0 N–H and O–H groups in total. The Balaban J connectivity index is 1.52. The van der Waals surface area contributed by atoms with E-state index in [-0.39, 0.29) is 18.5 Å². The van der Waals surface area contributed by atoms with Gasteiger partial charge in [0.05, 0.1) is 16.3 Å². The molecule has 3 heterocycles. The summed E-state index contributed by atoms with van der Waals surface area (Å²) >= 11 is 1.55. The Hall–Kier alpha value is -2.42. The Kier molecular flexibility index (Phi) is 4.18. The van der Waals surface area contributed by atoms with Gasteiger partial charge < -0.3 is 4.90 Å². The van der Waals surface area contributed by atoms with Crippen LogP contribution in [0.25, 0.3) is 10.2 Å². The number of halogens is 3. The smallest absolute Gasteiger partial charge is 0.332 e. The van der Waals surface area contributed by atoms with Gasteiger partial charge in [-0.3, -0.25) is 9.48 Å². The normalized spacial score (nSPS) is 18.0. The average molecular weight is 380 g/mol. The molecular formula is C17H15F3N4OS. The van der Waals surface area contributed by atoms with Crippen molar-refractivity contribution in [3.05, 3.63) is 47.2 Å². The number of hydrogen-bond acceptors (Lipinski definition) is 4. The summed E-state index contributed by atoms with van der Waals surface area (Å²) in [6.07, 6.45) is -1.67. The number of amides is 1. The Bertz CT molecular complexity index is 916. The number of likely N-dealkylation sites (tertiary alicyclic amines) is 1. The highest BCUT2D eigenvalue weighted by Gasteiger charge is 2.35. The van der Waals surface area contributed by atoms with Crippen molar-refractivity contribution in [3.63, 3.8) is 0 Å². The molecule has 9 heteroatoms. The van der Waals surface area contributed by atoms with Gasteiger partial charge in [-0.2, -0.15) is 18.3 Å². The van der Waals surface area contributed by atoms with Crippen LogP contribution in [-0.4, -0.2) is 32.1 Å². The molecule has 1 atom stereocenters. The highest BCUT2D eigenvalue weighted by atomic mass is 32.1. The van der Waals surface area contributed by atoms with Crippen LogP contribution in [0.4, 0.5) is 13.2 Å². The second-order valence-corrected chi connectivity index (χ2v) is 7.22. The van der Waals surface area contributed by atoms with Crippen molar-refractivity contribution in [2.75, 3.05) is 6.54 Å². The third kappa shape index (κ3) is 3.18. The number of benzene rings is 1. The van der Waals surface area contributed by atoms with Gasteiger partial charge in [-0.25, -0.2) is 4.98 Å². The predicted molar refractivity (Wildman–Crippen MR) is 90.5 cm³/mol. The lowest BCUT2D eigenvalue weighted by Gasteiger charge is -2.23. The van der Waals surface area contributed by atoms with Gasteiger partial charge in [-0.15, -0.1) is 11.3 Å². The lowest BCUT2D eigenvalue weighted by molar-refractivity contribution is -0.142. The molecule has 1 aliphatic heterocycles. The van der Waals surface area contributed by atoms with Crippen molar-refractivity contribution in [1.29, 1.82) is 0 Å². The Morgan fingerprint density at radius 3 is 2.81 bits per heavy atom. The van der Waals surface area contributed by atoms with Crippen molar-refractivity contribution in [1.82, 2.24) is 19.7 Å². The van der Waals surface area contributed by atoms with Crippen LogP contribution in [0.15, 0.2) is 36.5 Å². The van der Waals surface area contributed by atoms with Crippen LogP contribution < -0.4 is 0 Å². The van der Waals surface area contributed by atoms with E-state index in [1.54, 1.807) is 16.2 Å². The van der Waals surface area contributed by atoms with E-state index < -0.39 is 11.9 Å². The van der Waals surface area contributed by atoms with E-state index in [1.165, 1.54) is 6.20 Å². The minimum Gasteiger partial charge on any atom is -0.332 e. The van der Waals surface area contributed by atoms with E-state index in [1.807, 2.05) is 24.3 Å². The Morgan fingerprint density at radius 2 is 2.08 bits per heavy atom. The number of hydrogen-bond donors (Lipinski definition) is 0. The first-order valence-corrected chi connectivity index (χ1v) is 8.99. The molecule has 0 saturated carbocycles. The largest absolute Gasteiger partial charge is 0.435 e. The van der Waals surface area contributed by atoms with Gasteiger partial charge in [0.25, 0.3) is 0 Å². The highest BCUT2D eigenvalue weighted by molar-refractivity contribution is 7.18. The minimum atomic E-state index is -4.51. The first kappa shape index (κ1) is 17.0. The predicted octanol–water partition coefficient (Wildman–Crippen LogP) is 3.88. The maximum absolute atomic E-state index is 12.6. The summed E-state index contributed by atoms with van der Waals surface area (Å²) in [6, 6.07) is 8.52. The Labute approximate surface area is 151 Å². The summed E-state index contributed by atoms with van der Waals surface area (Å²) in [5.74, 6) is -0.247. The number of para-hydroxylation sites is 1. The summed E-state index contributed by atoms with van der Waals surface area (Å²) in [4.78, 5) is 19.0. The van der Waals surface area contributed by atoms with Gasteiger partial charge in [0, 0.05) is 12.7 Å². The molecule has 0 bridgehead atoms. The number of alkyl halides is 3. The number of fused-ring (bicyclic) bond motifs is 1. The van der Waals surface area contributed by atoms with Gasteiger partial charge in [0.1, 0.15) is 11.6 Å². The van der Waals surface area contributed by atoms with E-state index in [9.17, 15) is 18.0 Å². The molecule has 0 radical (unpaired) electrons. The quantitative estimate of drug-likeness (QED) is 0.693. The lowest BCUT2D eigenvalue weighted by Crippen LogP contribution is -2.33. The van der Waals surface area contributed by atoms with Crippen LogP contribution >= 0.6 is 11.3 Å². The fraction of sp³-hybridized carbons (Fsp3) is 0.353. The molecule has 0 aliphatic carbocycles. The third-order valence-corrected chi connectivity index (χ3v) is 5.53. The zero-order chi connectivity index (χ0) is 18.3. The number of carbonyl (C=O) groups excluding carboxylic acids is 1. The molecule has 1 fully saturated rings. The molecule has 1 aliphatic rings. The number of aromatic nitrogens is 3. The van der Waals surface area contributed by atoms with E-state index in [0.29, 0.717) is 6.54 Å². The summed E-state index contributed by atoms with van der Waals surface area (Å²) < 4.78 is 40.0. The van der Waals surface area contributed by atoms with Crippen molar-refractivity contribution in [2.24, 2.45) is 0 Å². The SMILES string of the molecule is O=C(Cn1ccc(C(F)(F)F)n1)N1CCCC1c1nc2ccccc2s1. The van der Waals surface area contributed by atoms with Crippen molar-refractivity contribution in [2.45, 2.75) is 31.6 Å². The van der Waals surface area contributed by atoms with Gasteiger partial charge in [0.2, 0.25) is 5.91 Å².